The second-order valence-corrected chi connectivity index (χ2v) is 5.68. The van der Waals surface area contributed by atoms with Gasteiger partial charge in [-0.3, -0.25) is 14.4 Å². The summed E-state index contributed by atoms with van der Waals surface area (Å²) in [6.45, 7) is -0.622. The number of benzene rings is 1. The largest absolute Gasteiger partial charge is 0.456 e. The molecule has 1 heterocycles. The van der Waals surface area contributed by atoms with E-state index in [1.165, 1.54) is 11.3 Å². The highest BCUT2D eigenvalue weighted by Gasteiger charge is 2.13. The minimum Gasteiger partial charge on any atom is -0.456 e. The van der Waals surface area contributed by atoms with Crippen molar-refractivity contribution in [3.8, 4) is 0 Å². The van der Waals surface area contributed by atoms with Crippen LogP contribution in [-0.4, -0.2) is 24.3 Å². The van der Waals surface area contributed by atoms with E-state index in [2.05, 4.69) is 5.32 Å². The van der Waals surface area contributed by atoms with Gasteiger partial charge < -0.3 is 10.1 Å². The van der Waals surface area contributed by atoms with Gasteiger partial charge in [0.1, 0.15) is 11.6 Å². The summed E-state index contributed by atoms with van der Waals surface area (Å²) >= 11 is 1.28. The lowest BCUT2D eigenvalue weighted by Crippen LogP contribution is -2.21. The van der Waals surface area contributed by atoms with Gasteiger partial charge in [-0.15, -0.1) is 11.3 Å². The molecular weight excluding hydrogens is 340 g/mol. The van der Waals surface area contributed by atoms with Gasteiger partial charge in [0.15, 0.2) is 12.4 Å². The quantitative estimate of drug-likeness (QED) is 0.613. The molecule has 0 radical (unpaired) electrons. The Bertz CT molecular complexity index is 747. The Balaban J connectivity index is 1.73. The van der Waals surface area contributed by atoms with Crippen LogP contribution >= 0.6 is 11.3 Å². The van der Waals surface area contributed by atoms with Crippen molar-refractivity contribution >= 4 is 34.7 Å². The summed E-state index contributed by atoms with van der Waals surface area (Å²) in [7, 11) is 0. The fourth-order valence-electron chi connectivity index (χ4n) is 1.77. The maximum atomic E-state index is 13.4. The monoisotopic (exact) mass is 353 g/mol. The van der Waals surface area contributed by atoms with Crippen LogP contribution in [0.25, 0.3) is 0 Å². The number of nitrogens with one attached hydrogen (secondary N) is 1. The molecule has 0 bridgehead atoms. The number of hydrogen-bond acceptors (Lipinski definition) is 5. The number of anilines is 1. The Morgan fingerprint density at radius 2 is 1.92 bits per heavy atom. The average molecular weight is 353 g/mol. The maximum absolute atomic E-state index is 13.4. The summed E-state index contributed by atoms with van der Waals surface area (Å²) in [6, 6.07) is 6.06. The summed E-state index contributed by atoms with van der Waals surface area (Å²) in [5.74, 6) is -3.36. The van der Waals surface area contributed by atoms with Crippen LogP contribution in [0.3, 0.4) is 0 Å². The normalized spacial score (nSPS) is 10.2. The van der Waals surface area contributed by atoms with Gasteiger partial charge in [0.2, 0.25) is 0 Å². The Labute approximate surface area is 140 Å². The number of halogens is 2. The van der Waals surface area contributed by atoms with Crippen molar-refractivity contribution in [1.29, 1.82) is 0 Å². The molecule has 0 aliphatic heterocycles. The van der Waals surface area contributed by atoms with Crippen LogP contribution in [0.5, 0.6) is 0 Å². The van der Waals surface area contributed by atoms with E-state index in [1.54, 1.807) is 17.5 Å². The predicted octanol–water partition coefficient (Wildman–Crippen LogP) is 3.17. The van der Waals surface area contributed by atoms with Crippen LogP contribution in [0.4, 0.5) is 14.5 Å². The zero-order chi connectivity index (χ0) is 17.5. The summed E-state index contributed by atoms with van der Waals surface area (Å²) in [4.78, 5) is 35.3. The molecule has 1 aromatic carbocycles. The van der Waals surface area contributed by atoms with Crippen LogP contribution in [0.2, 0.25) is 0 Å². The first-order valence-corrected chi connectivity index (χ1v) is 7.81. The summed E-state index contributed by atoms with van der Waals surface area (Å²) in [5.41, 5.74) is -0.217. The van der Waals surface area contributed by atoms with Crippen LogP contribution in [0.15, 0.2) is 35.7 Å². The Hall–Kier alpha value is -2.61. The molecule has 2 aromatic rings. The van der Waals surface area contributed by atoms with Gasteiger partial charge in [0.05, 0.1) is 17.0 Å². The molecule has 0 aliphatic carbocycles. The summed E-state index contributed by atoms with van der Waals surface area (Å²) in [5, 5.41) is 3.91. The van der Waals surface area contributed by atoms with Gasteiger partial charge in [0.25, 0.3) is 5.91 Å². The van der Waals surface area contributed by atoms with Gasteiger partial charge in [-0.25, -0.2) is 8.78 Å². The summed E-state index contributed by atoms with van der Waals surface area (Å²) in [6.07, 6.45) is -0.178. The maximum Gasteiger partial charge on any atom is 0.306 e. The lowest BCUT2D eigenvalue weighted by atomic mass is 10.2. The first-order valence-electron chi connectivity index (χ1n) is 6.93. The zero-order valence-electron chi connectivity index (χ0n) is 12.4. The van der Waals surface area contributed by atoms with E-state index >= 15 is 0 Å². The van der Waals surface area contributed by atoms with E-state index in [1.807, 2.05) is 0 Å². The van der Waals surface area contributed by atoms with Crippen LogP contribution in [0.1, 0.15) is 22.5 Å². The first-order chi connectivity index (χ1) is 11.5. The average Bonchev–Trinajstić information content (AvgIpc) is 3.08. The molecule has 126 valence electrons. The Kier molecular flexibility index (Phi) is 6.14. The van der Waals surface area contributed by atoms with Crippen molar-refractivity contribution in [3.05, 3.63) is 52.2 Å². The fraction of sp³-hybridized carbons (Fsp3) is 0.188. The highest BCUT2D eigenvalue weighted by Crippen LogP contribution is 2.15. The standard InChI is InChI=1S/C16H13F2NO4S/c17-10-3-4-12(11(18)8-10)19-15(21)9-23-16(22)6-5-13(20)14-2-1-7-24-14/h1-4,7-8H,5-6,9H2,(H,19,21). The number of Topliss-reactive ketones (excluding diaryl/α,β-unsaturated/α-hetero) is 1. The number of hydrogen-bond donors (Lipinski definition) is 1. The SMILES string of the molecule is O=C(COC(=O)CCC(=O)c1cccs1)Nc1ccc(F)cc1F. The Morgan fingerprint density at radius 1 is 1.12 bits per heavy atom. The molecular formula is C16H13F2NO4S. The number of carbonyl (C=O) groups excluding carboxylic acids is 3. The van der Waals surface area contributed by atoms with Crippen LogP contribution < -0.4 is 5.32 Å². The number of esters is 1. The molecule has 1 aromatic heterocycles. The highest BCUT2D eigenvalue weighted by atomic mass is 32.1. The Morgan fingerprint density at radius 3 is 2.58 bits per heavy atom. The van der Waals surface area contributed by atoms with E-state index in [9.17, 15) is 23.2 Å². The number of rotatable bonds is 7. The molecule has 0 aliphatic rings. The third-order valence-electron chi connectivity index (χ3n) is 2.92. The van der Waals surface area contributed by atoms with Crippen molar-refractivity contribution in [3.63, 3.8) is 0 Å². The number of amides is 1. The molecule has 0 atom stereocenters. The van der Waals surface area contributed by atoms with Crippen molar-refractivity contribution in [2.75, 3.05) is 11.9 Å². The highest BCUT2D eigenvalue weighted by molar-refractivity contribution is 7.12. The molecule has 24 heavy (non-hydrogen) atoms. The van der Waals surface area contributed by atoms with Gasteiger partial charge in [0, 0.05) is 12.5 Å². The third-order valence-corrected chi connectivity index (χ3v) is 3.83. The smallest absolute Gasteiger partial charge is 0.306 e. The van der Waals surface area contributed by atoms with E-state index in [-0.39, 0.29) is 24.3 Å². The van der Waals surface area contributed by atoms with E-state index in [4.69, 9.17) is 4.74 Å². The molecule has 0 spiro atoms. The van der Waals surface area contributed by atoms with E-state index in [0.29, 0.717) is 10.9 Å². The lowest BCUT2D eigenvalue weighted by molar-refractivity contribution is -0.147. The van der Waals surface area contributed by atoms with Crippen molar-refractivity contribution < 1.29 is 27.9 Å². The predicted molar refractivity (Wildman–Crippen MR) is 83.8 cm³/mol. The molecule has 0 unspecified atom stereocenters. The van der Waals surface area contributed by atoms with Gasteiger partial charge in [-0.1, -0.05) is 6.07 Å². The molecule has 5 nitrogen and oxygen atoms in total. The second-order valence-electron chi connectivity index (χ2n) is 4.73. The van der Waals surface area contributed by atoms with E-state index in [0.717, 1.165) is 12.1 Å². The van der Waals surface area contributed by atoms with Crippen molar-refractivity contribution in [1.82, 2.24) is 0 Å². The molecule has 1 N–H and O–H groups in total. The zero-order valence-corrected chi connectivity index (χ0v) is 13.2. The van der Waals surface area contributed by atoms with Crippen LogP contribution in [0, 0.1) is 11.6 Å². The van der Waals surface area contributed by atoms with Gasteiger partial charge in [-0.2, -0.15) is 0 Å². The first kappa shape index (κ1) is 17.7. The molecule has 0 fully saturated rings. The molecule has 2 rings (SSSR count). The van der Waals surface area contributed by atoms with Crippen molar-refractivity contribution in [2.45, 2.75) is 12.8 Å². The molecule has 0 saturated carbocycles. The minimum atomic E-state index is -0.934. The molecule has 8 heteroatoms. The van der Waals surface area contributed by atoms with Crippen LogP contribution in [-0.2, 0) is 14.3 Å². The van der Waals surface area contributed by atoms with Gasteiger partial charge in [-0.05, 0) is 23.6 Å². The number of thiophene rings is 1. The third kappa shape index (κ3) is 5.24. The van der Waals surface area contributed by atoms with Crippen molar-refractivity contribution in [2.24, 2.45) is 0 Å². The number of ketones is 1. The number of ether oxygens (including phenoxy) is 1. The molecule has 0 saturated heterocycles. The van der Waals surface area contributed by atoms with E-state index < -0.39 is 30.1 Å². The second kappa shape index (κ2) is 8.30. The minimum absolute atomic E-state index is 0.0203. The topological polar surface area (TPSA) is 72.5 Å². The molecule has 1 amide bonds. The summed E-state index contributed by atoms with van der Waals surface area (Å²) < 4.78 is 30.8. The fourth-order valence-corrected chi connectivity index (χ4v) is 2.47. The van der Waals surface area contributed by atoms with Gasteiger partial charge >= 0.3 is 5.97 Å². The number of carbonyl (C=O) groups is 3. The lowest BCUT2D eigenvalue weighted by Gasteiger charge is -2.07.